The number of carbonyl (C=O) groups is 1. The van der Waals surface area contributed by atoms with E-state index >= 15 is 0 Å². The fourth-order valence-electron chi connectivity index (χ4n) is 3.00. The van der Waals surface area contributed by atoms with E-state index in [-0.39, 0.29) is 12.0 Å². The summed E-state index contributed by atoms with van der Waals surface area (Å²) in [5, 5.41) is 12.3. The molecule has 2 heterocycles. The largest absolute Gasteiger partial charge is 0.493 e. The van der Waals surface area contributed by atoms with Gasteiger partial charge in [-0.15, -0.1) is 10.2 Å². The second kappa shape index (κ2) is 10.7. The molecule has 2 aromatic rings. The highest BCUT2D eigenvalue weighted by Crippen LogP contribution is 2.31. The summed E-state index contributed by atoms with van der Waals surface area (Å²) in [4.78, 5) is 14.2. The molecule has 10 heteroatoms. The van der Waals surface area contributed by atoms with Crippen LogP contribution in [0.5, 0.6) is 11.5 Å². The molecule has 1 fully saturated rings. The van der Waals surface area contributed by atoms with Crippen molar-refractivity contribution >= 4 is 34.1 Å². The van der Waals surface area contributed by atoms with Crippen molar-refractivity contribution < 1.29 is 19.0 Å². The number of anilines is 1. The van der Waals surface area contributed by atoms with Crippen LogP contribution in [0.4, 0.5) is 5.13 Å². The number of ether oxygens (including phenoxy) is 3. The van der Waals surface area contributed by atoms with Crippen LogP contribution >= 0.6 is 23.1 Å². The van der Waals surface area contributed by atoms with E-state index in [2.05, 4.69) is 15.5 Å². The van der Waals surface area contributed by atoms with Gasteiger partial charge in [0.25, 0.3) is 0 Å². The van der Waals surface area contributed by atoms with Crippen molar-refractivity contribution in [3.63, 3.8) is 0 Å². The molecule has 1 aliphatic rings. The van der Waals surface area contributed by atoms with E-state index in [9.17, 15) is 4.79 Å². The lowest BCUT2D eigenvalue weighted by Crippen LogP contribution is -2.28. The van der Waals surface area contributed by atoms with Gasteiger partial charge in [0.2, 0.25) is 11.0 Å². The van der Waals surface area contributed by atoms with Gasteiger partial charge in [0.1, 0.15) is 0 Å². The molecule has 1 amide bonds. The Balaban J connectivity index is 1.48. The third-order valence-corrected chi connectivity index (χ3v) is 6.55. The molecule has 0 aliphatic carbocycles. The number of methoxy groups -OCH3 is 2. The number of para-hydroxylation sites is 1. The molecule has 8 nitrogen and oxygen atoms in total. The van der Waals surface area contributed by atoms with E-state index in [1.54, 1.807) is 26.2 Å². The number of aromatic nitrogens is 2. The maximum Gasteiger partial charge on any atom is 0.233 e. The number of carbonyl (C=O) groups excluding carboxylic acids is 1. The van der Waals surface area contributed by atoms with Crippen LogP contribution < -0.4 is 14.8 Å². The molecule has 1 unspecified atom stereocenters. The summed E-state index contributed by atoms with van der Waals surface area (Å²) >= 11 is 2.84. The predicted octanol–water partition coefficient (Wildman–Crippen LogP) is 2.90. The van der Waals surface area contributed by atoms with Gasteiger partial charge < -0.3 is 24.4 Å². The second-order valence-corrected chi connectivity index (χ2v) is 8.78. The zero-order chi connectivity index (χ0) is 20.6. The van der Waals surface area contributed by atoms with Crippen molar-refractivity contribution in [2.24, 2.45) is 0 Å². The molecule has 29 heavy (non-hydrogen) atoms. The zero-order valence-electron chi connectivity index (χ0n) is 16.8. The van der Waals surface area contributed by atoms with Crippen molar-refractivity contribution in [2.75, 3.05) is 45.5 Å². The van der Waals surface area contributed by atoms with Gasteiger partial charge in [-0.3, -0.25) is 4.79 Å². The average Bonchev–Trinajstić information content (AvgIpc) is 3.42. The van der Waals surface area contributed by atoms with Crippen molar-refractivity contribution in [1.29, 1.82) is 0 Å². The van der Waals surface area contributed by atoms with Gasteiger partial charge in [-0.2, -0.15) is 0 Å². The van der Waals surface area contributed by atoms with Crippen LogP contribution in [0.1, 0.15) is 18.4 Å². The van der Waals surface area contributed by atoms with Crippen LogP contribution in [-0.2, 0) is 16.1 Å². The van der Waals surface area contributed by atoms with Gasteiger partial charge in [0.15, 0.2) is 15.8 Å². The number of hydrogen-bond acceptors (Lipinski definition) is 9. The highest BCUT2D eigenvalue weighted by molar-refractivity contribution is 8.01. The molecule has 0 spiro atoms. The Labute approximate surface area is 178 Å². The molecule has 0 radical (unpaired) electrons. The Morgan fingerprint density at radius 1 is 1.38 bits per heavy atom. The molecule has 1 aromatic heterocycles. The number of hydrogen-bond donors (Lipinski definition) is 1. The number of rotatable bonds is 10. The lowest BCUT2D eigenvalue weighted by Gasteiger charge is -2.19. The first-order chi connectivity index (χ1) is 14.1. The molecule has 0 bridgehead atoms. The van der Waals surface area contributed by atoms with Crippen LogP contribution in [0, 0.1) is 0 Å². The summed E-state index contributed by atoms with van der Waals surface area (Å²) < 4.78 is 17.1. The Morgan fingerprint density at radius 2 is 2.24 bits per heavy atom. The van der Waals surface area contributed by atoms with Crippen LogP contribution in [0.2, 0.25) is 0 Å². The summed E-state index contributed by atoms with van der Waals surface area (Å²) in [6, 6.07) is 5.64. The summed E-state index contributed by atoms with van der Waals surface area (Å²) in [7, 11) is 4.97. The number of thioether (sulfide) groups is 1. The van der Waals surface area contributed by atoms with E-state index in [0.29, 0.717) is 23.8 Å². The Morgan fingerprint density at radius 3 is 2.97 bits per heavy atom. The van der Waals surface area contributed by atoms with Gasteiger partial charge in [0.05, 0.1) is 26.1 Å². The minimum atomic E-state index is 0.00365. The first-order valence-corrected chi connectivity index (χ1v) is 11.2. The normalized spacial score (nSPS) is 15.9. The predicted molar refractivity (Wildman–Crippen MR) is 114 cm³/mol. The van der Waals surface area contributed by atoms with Crippen LogP contribution in [0.3, 0.4) is 0 Å². The van der Waals surface area contributed by atoms with Crippen molar-refractivity contribution in [3.8, 4) is 11.5 Å². The van der Waals surface area contributed by atoms with Crippen molar-refractivity contribution in [3.05, 3.63) is 23.8 Å². The lowest BCUT2D eigenvalue weighted by molar-refractivity contribution is -0.127. The highest BCUT2D eigenvalue weighted by atomic mass is 32.2. The molecule has 1 aliphatic heterocycles. The van der Waals surface area contributed by atoms with Crippen molar-refractivity contribution in [1.82, 2.24) is 15.1 Å². The fraction of sp³-hybridized carbons (Fsp3) is 0.526. The number of nitrogens with zero attached hydrogens (tertiary/aromatic N) is 3. The zero-order valence-corrected chi connectivity index (χ0v) is 18.5. The molecule has 1 N–H and O–H groups in total. The van der Waals surface area contributed by atoms with Crippen LogP contribution in [0.25, 0.3) is 0 Å². The van der Waals surface area contributed by atoms with Crippen LogP contribution in [0.15, 0.2) is 22.5 Å². The van der Waals surface area contributed by atoms with E-state index in [1.165, 1.54) is 23.1 Å². The molecule has 3 rings (SSSR count). The number of benzene rings is 1. The first kappa shape index (κ1) is 21.7. The Hall–Kier alpha value is -2.04. The lowest BCUT2D eigenvalue weighted by atomic mass is 10.1. The van der Waals surface area contributed by atoms with E-state index in [1.807, 2.05) is 18.2 Å². The number of amides is 1. The summed E-state index contributed by atoms with van der Waals surface area (Å²) in [6.07, 6.45) is 2.44. The standard InChI is InChI=1S/C19H26N4O4S2/c1-23(11-13-6-4-8-15(25-2)17(13)26-3)16(24)12-28-19-22-21-18(29-19)20-10-14-7-5-9-27-14/h4,6,8,14H,5,7,9-12H2,1-3H3,(H,20,21). The molecule has 158 valence electrons. The second-order valence-electron chi connectivity index (χ2n) is 6.58. The maximum atomic E-state index is 12.5. The third-order valence-electron chi connectivity index (χ3n) is 4.55. The van der Waals surface area contributed by atoms with Crippen LogP contribution in [-0.4, -0.2) is 67.3 Å². The number of nitrogens with one attached hydrogen (secondary N) is 1. The van der Waals surface area contributed by atoms with Gasteiger partial charge >= 0.3 is 0 Å². The monoisotopic (exact) mass is 438 g/mol. The van der Waals surface area contributed by atoms with Gasteiger partial charge in [-0.05, 0) is 18.9 Å². The first-order valence-electron chi connectivity index (χ1n) is 9.36. The average molecular weight is 439 g/mol. The molecule has 0 saturated carbocycles. The third kappa shape index (κ3) is 5.97. The van der Waals surface area contributed by atoms with Gasteiger partial charge in [0, 0.05) is 32.3 Å². The SMILES string of the molecule is COc1cccc(CN(C)C(=O)CSc2nnc(NCC3CCCO3)s2)c1OC. The molecular formula is C19H26N4O4S2. The smallest absolute Gasteiger partial charge is 0.233 e. The Kier molecular flexibility index (Phi) is 7.96. The van der Waals surface area contributed by atoms with E-state index < -0.39 is 0 Å². The quantitative estimate of drug-likeness (QED) is 0.567. The molecular weight excluding hydrogens is 412 g/mol. The topological polar surface area (TPSA) is 85.8 Å². The minimum absolute atomic E-state index is 0.00365. The van der Waals surface area contributed by atoms with E-state index in [0.717, 1.165) is 41.0 Å². The molecule has 1 aromatic carbocycles. The van der Waals surface area contributed by atoms with E-state index in [4.69, 9.17) is 14.2 Å². The molecule has 1 saturated heterocycles. The minimum Gasteiger partial charge on any atom is -0.493 e. The maximum absolute atomic E-state index is 12.5. The fourth-order valence-corrected chi connectivity index (χ4v) is 4.70. The van der Waals surface area contributed by atoms with Crippen molar-refractivity contribution in [2.45, 2.75) is 29.8 Å². The van der Waals surface area contributed by atoms with Gasteiger partial charge in [-0.1, -0.05) is 35.2 Å². The highest BCUT2D eigenvalue weighted by Gasteiger charge is 2.18. The summed E-state index contributed by atoms with van der Waals surface area (Å²) in [5.41, 5.74) is 0.893. The summed E-state index contributed by atoms with van der Waals surface area (Å²) in [5.74, 6) is 1.60. The van der Waals surface area contributed by atoms with Gasteiger partial charge in [-0.25, -0.2) is 0 Å². The molecule has 1 atom stereocenters. The summed E-state index contributed by atoms with van der Waals surface area (Å²) in [6.45, 7) is 2.01. The Bertz CT molecular complexity index is 811.